The average Bonchev–Trinajstić information content (AvgIpc) is 2.83. The van der Waals surface area contributed by atoms with E-state index in [0.29, 0.717) is 6.54 Å². The van der Waals surface area contributed by atoms with Crippen molar-refractivity contribution in [1.82, 2.24) is 0 Å². The summed E-state index contributed by atoms with van der Waals surface area (Å²) < 4.78 is 5.89. The minimum atomic E-state index is 0.340. The first-order valence-corrected chi connectivity index (χ1v) is 5.98. The minimum Gasteiger partial charge on any atom is -0.455 e. The number of para-hydroxylation sites is 2. The molecule has 0 aliphatic carbocycles. The second kappa shape index (κ2) is 4.88. The maximum atomic E-state index is 8.24. The molecule has 0 radical (unpaired) electrons. The summed E-state index contributed by atoms with van der Waals surface area (Å²) in [4.78, 5) is 2.71. The Bertz CT molecular complexity index is 810. The maximum absolute atomic E-state index is 8.24. The van der Waals surface area contributed by atoms with E-state index in [4.69, 9.17) is 9.95 Å². The second-order valence-electron chi connectivity index (χ2n) is 4.14. The summed E-state index contributed by atoms with van der Waals surface area (Å²) in [6.07, 6.45) is 3.74. The fraction of sp³-hybridized carbons (Fsp3) is 0.0667. The molecule has 4 heteroatoms. The lowest BCUT2D eigenvalue weighted by molar-refractivity contribution is 0.668. The Morgan fingerprint density at radius 1 is 1.11 bits per heavy atom. The van der Waals surface area contributed by atoms with Crippen molar-refractivity contribution in [2.45, 2.75) is 0 Å². The SMILES string of the molecule is [N-]=[N+]=NCC=Cc1cccc2c1oc1ccccc12. The Morgan fingerprint density at radius 2 is 1.95 bits per heavy atom. The van der Waals surface area contributed by atoms with Crippen LogP contribution >= 0.6 is 0 Å². The molecule has 4 nitrogen and oxygen atoms in total. The fourth-order valence-electron chi connectivity index (χ4n) is 2.16. The second-order valence-corrected chi connectivity index (χ2v) is 4.14. The van der Waals surface area contributed by atoms with E-state index in [0.717, 1.165) is 27.5 Å². The van der Waals surface area contributed by atoms with E-state index in [9.17, 15) is 0 Å². The summed E-state index contributed by atoms with van der Waals surface area (Å²) >= 11 is 0. The number of rotatable bonds is 3. The van der Waals surface area contributed by atoms with E-state index in [1.807, 2.05) is 48.6 Å². The van der Waals surface area contributed by atoms with Crippen LogP contribution in [0, 0.1) is 0 Å². The summed E-state index contributed by atoms with van der Waals surface area (Å²) in [5, 5.41) is 5.69. The number of fused-ring (bicyclic) bond motifs is 3. The van der Waals surface area contributed by atoms with Gasteiger partial charge in [-0.1, -0.05) is 53.7 Å². The lowest BCUT2D eigenvalue weighted by Gasteiger charge is -1.94. The number of furan rings is 1. The molecule has 19 heavy (non-hydrogen) atoms. The van der Waals surface area contributed by atoms with Crippen LogP contribution in [0.4, 0.5) is 0 Å². The van der Waals surface area contributed by atoms with Gasteiger partial charge in [-0.05, 0) is 11.6 Å². The highest BCUT2D eigenvalue weighted by molar-refractivity contribution is 6.07. The van der Waals surface area contributed by atoms with Gasteiger partial charge in [0.1, 0.15) is 11.2 Å². The zero-order chi connectivity index (χ0) is 13.1. The number of hydrogen-bond donors (Lipinski definition) is 0. The van der Waals surface area contributed by atoms with Gasteiger partial charge in [-0.3, -0.25) is 0 Å². The van der Waals surface area contributed by atoms with Crippen molar-refractivity contribution < 1.29 is 4.42 Å². The van der Waals surface area contributed by atoms with Crippen LogP contribution in [0.1, 0.15) is 5.56 Å². The van der Waals surface area contributed by atoms with Gasteiger partial charge in [0.15, 0.2) is 0 Å². The van der Waals surface area contributed by atoms with Gasteiger partial charge in [0.25, 0.3) is 0 Å². The predicted molar refractivity (Wildman–Crippen MR) is 76.8 cm³/mol. The molecular formula is C15H11N3O. The standard InChI is InChI=1S/C15H11N3O/c16-18-17-10-4-6-11-5-3-8-13-12-7-1-2-9-14(12)19-15(11)13/h1-9H,10H2. The lowest BCUT2D eigenvalue weighted by atomic mass is 10.1. The van der Waals surface area contributed by atoms with Crippen LogP contribution in [0.2, 0.25) is 0 Å². The summed E-state index contributed by atoms with van der Waals surface area (Å²) in [6, 6.07) is 14.0. The fourth-order valence-corrected chi connectivity index (χ4v) is 2.16. The maximum Gasteiger partial charge on any atom is 0.142 e. The molecule has 0 N–H and O–H groups in total. The van der Waals surface area contributed by atoms with Crippen molar-refractivity contribution in [3.05, 3.63) is 64.5 Å². The number of hydrogen-bond acceptors (Lipinski definition) is 2. The molecule has 0 spiro atoms. The van der Waals surface area contributed by atoms with Gasteiger partial charge in [-0.15, -0.1) is 0 Å². The lowest BCUT2D eigenvalue weighted by Crippen LogP contribution is -1.74. The summed E-state index contributed by atoms with van der Waals surface area (Å²) in [6.45, 7) is 0.340. The Kier molecular flexibility index (Phi) is 2.93. The predicted octanol–water partition coefficient (Wildman–Crippen LogP) is 4.91. The molecule has 0 fully saturated rings. The summed E-state index contributed by atoms with van der Waals surface area (Å²) in [5.41, 5.74) is 11.0. The highest BCUT2D eigenvalue weighted by Crippen LogP contribution is 2.31. The molecule has 0 amide bonds. The number of nitrogens with zero attached hydrogens (tertiary/aromatic N) is 3. The largest absolute Gasteiger partial charge is 0.455 e. The van der Waals surface area contributed by atoms with Crippen molar-refractivity contribution in [1.29, 1.82) is 0 Å². The molecule has 0 aliphatic heterocycles. The Hall–Kier alpha value is -2.71. The zero-order valence-electron chi connectivity index (χ0n) is 10.2. The Morgan fingerprint density at radius 3 is 2.84 bits per heavy atom. The molecular weight excluding hydrogens is 238 g/mol. The molecule has 0 bridgehead atoms. The van der Waals surface area contributed by atoms with Crippen LogP contribution in [0.3, 0.4) is 0 Å². The molecule has 3 aromatic rings. The van der Waals surface area contributed by atoms with Crippen LogP contribution in [0.25, 0.3) is 38.5 Å². The highest BCUT2D eigenvalue weighted by atomic mass is 16.3. The third-order valence-corrected chi connectivity index (χ3v) is 2.98. The molecule has 92 valence electrons. The highest BCUT2D eigenvalue weighted by Gasteiger charge is 2.07. The van der Waals surface area contributed by atoms with Crippen LogP contribution < -0.4 is 0 Å². The Labute approximate surface area is 109 Å². The first-order valence-electron chi connectivity index (χ1n) is 5.98. The molecule has 3 rings (SSSR count). The van der Waals surface area contributed by atoms with E-state index >= 15 is 0 Å². The van der Waals surface area contributed by atoms with Crippen molar-refractivity contribution in [2.75, 3.05) is 6.54 Å². The van der Waals surface area contributed by atoms with Gasteiger partial charge in [0, 0.05) is 27.8 Å². The smallest absolute Gasteiger partial charge is 0.142 e. The number of benzene rings is 2. The van der Waals surface area contributed by atoms with Gasteiger partial charge in [-0.25, -0.2) is 0 Å². The molecule has 0 unspecified atom stereocenters. The van der Waals surface area contributed by atoms with Crippen LogP contribution in [-0.2, 0) is 0 Å². The molecule has 1 heterocycles. The average molecular weight is 249 g/mol. The van der Waals surface area contributed by atoms with Gasteiger partial charge in [0.2, 0.25) is 0 Å². The quantitative estimate of drug-likeness (QED) is 0.369. The van der Waals surface area contributed by atoms with E-state index in [1.165, 1.54) is 0 Å². The van der Waals surface area contributed by atoms with Gasteiger partial charge < -0.3 is 4.42 Å². The normalized spacial score (nSPS) is 11.2. The topological polar surface area (TPSA) is 61.9 Å². The molecule has 1 aromatic heterocycles. The van der Waals surface area contributed by atoms with E-state index in [2.05, 4.69) is 16.1 Å². The van der Waals surface area contributed by atoms with Crippen molar-refractivity contribution >= 4 is 28.0 Å². The van der Waals surface area contributed by atoms with Crippen molar-refractivity contribution in [3.8, 4) is 0 Å². The molecule has 2 aromatic carbocycles. The third kappa shape index (κ3) is 2.05. The zero-order valence-corrected chi connectivity index (χ0v) is 10.2. The Balaban J connectivity index is 2.15. The van der Waals surface area contributed by atoms with Crippen molar-refractivity contribution in [2.24, 2.45) is 5.11 Å². The van der Waals surface area contributed by atoms with E-state index in [-0.39, 0.29) is 0 Å². The van der Waals surface area contributed by atoms with Gasteiger partial charge in [0.05, 0.1) is 0 Å². The molecule has 0 saturated heterocycles. The van der Waals surface area contributed by atoms with E-state index < -0.39 is 0 Å². The van der Waals surface area contributed by atoms with E-state index in [1.54, 1.807) is 0 Å². The van der Waals surface area contributed by atoms with Gasteiger partial charge in [-0.2, -0.15) is 0 Å². The molecule has 0 saturated carbocycles. The number of azide groups is 1. The first kappa shape index (κ1) is 11.4. The summed E-state index contributed by atoms with van der Waals surface area (Å²) in [7, 11) is 0. The first-order chi connectivity index (χ1) is 9.40. The van der Waals surface area contributed by atoms with Crippen LogP contribution in [-0.4, -0.2) is 6.54 Å². The van der Waals surface area contributed by atoms with Crippen molar-refractivity contribution in [3.63, 3.8) is 0 Å². The summed E-state index contributed by atoms with van der Waals surface area (Å²) in [5.74, 6) is 0. The van der Waals surface area contributed by atoms with Crippen LogP contribution in [0.15, 0.2) is 58.1 Å². The molecule has 0 aliphatic rings. The minimum absolute atomic E-state index is 0.340. The monoisotopic (exact) mass is 249 g/mol. The molecule has 0 atom stereocenters. The third-order valence-electron chi connectivity index (χ3n) is 2.98. The van der Waals surface area contributed by atoms with Gasteiger partial charge >= 0.3 is 0 Å². The van der Waals surface area contributed by atoms with Crippen LogP contribution in [0.5, 0.6) is 0 Å².